The number of nitrogens with one attached hydrogen (secondary N) is 1. The van der Waals surface area contributed by atoms with Gasteiger partial charge < -0.3 is 9.64 Å². The summed E-state index contributed by atoms with van der Waals surface area (Å²) in [6.07, 6.45) is 2.64. The molecule has 3 rings (SSSR count). The van der Waals surface area contributed by atoms with Gasteiger partial charge in [0.1, 0.15) is 5.82 Å². The summed E-state index contributed by atoms with van der Waals surface area (Å²) >= 11 is 0. The van der Waals surface area contributed by atoms with Gasteiger partial charge in [-0.05, 0) is 49.4 Å². The molecule has 0 saturated carbocycles. The van der Waals surface area contributed by atoms with E-state index in [1.54, 1.807) is 7.11 Å². The highest BCUT2D eigenvalue weighted by molar-refractivity contribution is 7.89. The number of carbonyl (C=O) groups excluding carboxylic acids is 1. The van der Waals surface area contributed by atoms with Gasteiger partial charge in [0, 0.05) is 33.4 Å². The van der Waals surface area contributed by atoms with E-state index in [2.05, 4.69) is 19.2 Å². The second-order valence-electron chi connectivity index (χ2n) is 8.23. The number of ether oxygens (including phenoxy) is 1. The topological polar surface area (TPSA) is 79.0 Å². The zero-order valence-corrected chi connectivity index (χ0v) is 18.8. The number of piperidine rings is 1. The first-order valence-corrected chi connectivity index (χ1v) is 12.0. The average Bonchev–Trinajstić information content (AvgIpc) is 3.00. The lowest BCUT2D eigenvalue weighted by Crippen LogP contribution is -2.59. The van der Waals surface area contributed by atoms with Crippen LogP contribution in [-0.2, 0) is 19.6 Å². The maximum absolute atomic E-state index is 13.2. The number of amides is 1. The zero-order valence-electron chi connectivity index (χ0n) is 17.9. The van der Waals surface area contributed by atoms with Gasteiger partial charge in [0.15, 0.2) is 0 Å². The lowest BCUT2D eigenvalue weighted by atomic mass is 9.96. The number of rotatable bonds is 8. The van der Waals surface area contributed by atoms with Crippen molar-refractivity contribution in [2.24, 2.45) is 5.92 Å². The summed E-state index contributed by atoms with van der Waals surface area (Å²) < 4.78 is 45.7. The fourth-order valence-corrected chi connectivity index (χ4v) is 5.83. The third-order valence-corrected chi connectivity index (χ3v) is 8.33. The summed E-state index contributed by atoms with van der Waals surface area (Å²) in [5, 5.41) is 3.57. The summed E-state index contributed by atoms with van der Waals surface area (Å²) in [6, 6.07) is 4.65. The van der Waals surface area contributed by atoms with Gasteiger partial charge in [-0.3, -0.25) is 10.1 Å². The number of sulfonamides is 1. The highest BCUT2D eigenvalue weighted by Crippen LogP contribution is 2.36. The fourth-order valence-electron chi connectivity index (χ4n) is 4.39. The molecule has 0 aliphatic carbocycles. The molecule has 2 heterocycles. The number of hydrogen-bond donors (Lipinski definition) is 1. The van der Waals surface area contributed by atoms with Crippen LogP contribution in [0, 0.1) is 11.7 Å². The van der Waals surface area contributed by atoms with Crippen LogP contribution in [0.1, 0.15) is 39.5 Å². The molecule has 2 saturated heterocycles. The predicted molar refractivity (Wildman–Crippen MR) is 112 cm³/mol. The highest BCUT2D eigenvalue weighted by atomic mass is 32.2. The van der Waals surface area contributed by atoms with Gasteiger partial charge in [0.05, 0.1) is 16.6 Å². The Morgan fingerprint density at radius 1 is 1.27 bits per heavy atom. The van der Waals surface area contributed by atoms with E-state index < -0.39 is 21.5 Å². The number of nitrogens with zero attached hydrogens (tertiary/aromatic N) is 2. The highest BCUT2D eigenvalue weighted by Gasteiger charge is 2.53. The van der Waals surface area contributed by atoms with Crippen molar-refractivity contribution in [2.75, 3.05) is 33.4 Å². The largest absolute Gasteiger partial charge is 0.385 e. The standard InChI is InChI=1S/C21H32FN3O4S/c1-4-16(2)19-20(26)25(12-5-15-29-3)21(23-19)10-13-24(14-11-21)30(27,28)18-8-6-17(22)7-9-18/h6-9,16,19,23H,4-5,10-15H2,1-3H3/t16-,19+/m1/s1. The van der Waals surface area contributed by atoms with Crippen LogP contribution < -0.4 is 5.32 Å². The van der Waals surface area contributed by atoms with E-state index in [-0.39, 0.29) is 22.8 Å². The number of halogens is 1. The van der Waals surface area contributed by atoms with Crippen LogP contribution in [0.25, 0.3) is 0 Å². The molecule has 1 amide bonds. The number of carbonyl (C=O) groups is 1. The third-order valence-electron chi connectivity index (χ3n) is 6.42. The smallest absolute Gasteiger partial charge is 0.243 e. The molecule has 1 aromatic carbocycles. The van der Waals surface area contributed by atoms with Crippen molar-refractivity contribution >= 4 is 15.9 Å². The van der Waals surface area contributed by atoms with E-state index in [0.29, 0.717) is 39.1 Å². The van der Waals surface area contributed by atoms with E-state index in [0.717, 1.165) is 25.0 Å². The van der Waals surface area contributed by atoms with Crippen LogP contribution in [0.2, 0.25) is 0 Å². The van der Waals surface area contributed by atoms with Gasteiger partial charge in [-0.15, -0.1) is 0 Å². The Balaban J connectivity index is 1.77. The maximum atomic E-state index is 13.2. The number of hydrogen-bond acceptors (Lipinski definition) is 5. The van der Waals surface area contributed by atoms with Gasteiger partial charge in [0.25, 0.3) is 0 Å². The summed E-state index contributed by atoms with van der Waals surface area (Å²) in [4.78, 5) is 15.2. The predicted octanol–water partition coefficient (Wildman–Crippen LogP) is 2.19. The Morgan fingerprint density at radius 3 is 2.47 bits per heavy atom. The Labute approximate surface area is 178 Å². The molecule has 30 heavy (non-hydrogen) atoms. The van der Waals surface area contributed by atoms with Gasteiger partial charge in [0.2, 0.25) is 15.9 Å². The first-order valence-electron chi connectivity index (χ1n) is 10.6. The molecule has 1 aromatic rings. The van der Waals surface area contributed by atoms with Crippen LogP contribution in [0.5, 0.6) is 0 Å². The molecule has 9 heteroatoms. The lowest BCUT2D eigenvalue weighted by Gasteiger charge is -2.44. The molecule has 168 valence electrons. The SMILES string of the molecule is CC[C@@H](C)[C@@H]1NC2(CCN(S(=O)(=O)c3ccc(F)cc3)CC2)N(CCCOC)C1=O. The molecular weight excluding hydrogens is 409 g/mol. The van der Waals surface area contributed by atoms with Crippen molar-refractivity contribution in [2.45, 2.75) is 56.1 Å². The molecule has 0 aromatic heterocycles. The average molecular weight is 442 g/mol. The molecule has 0 bridgehead atoms. The second kappa shape index (κ2) is 9.30. The van der Waals surface area contributed by atoms with Gasteiger partial charge in [-0.2, -0.15) is 4.31 Å². The molecule has 1 spiro atoms. The van der Waals surface area contributed by atoms with Crippen molar-refractivity contribution in [3.05, 3.63) is 30.1 Å². The van der Waals surface area contributed by atoms with Crippen molar-refractivity contribution in [3.8, 4) is 0 Å². The van der Waals surface area contributed by atoms with Gasteiger partial charge in [-0.25, -0.2) is 12.8 Å². The molecule has 2 aliphatic rings. The molecule has 7 nitrogen and oxygen atoms in total. The molecule has 2 fully saturated rings. The summed E-state index contributed by atoms with van der Waals surface area (Å²) in [6.45, 7) is 5.88. The molecule has 0 radical (unpaired) electrons. The van der Waals surface area contributed by atoms with E-state index in [9.17, 15) is 17.6 Å². The van der Waals surface area contributed by atoms with Crippen LogP contribution in [0.3, 0.4) is 0 Å². The molecule has 2 atom stereocenters. The molecule has 2 aliphatic heterocycles. The summed E-state index contributed by atoms with van der Waals surface area (Å²) in [5.74, 6) is -0.180. The van der Waals surface area contributed by atoms with Crippen LogP contribution in [-0.4, -0.2) is 68.6 Å². The van der Waals surface area contributed by atoms with Crippen LogP contribution >= 0.6 is 0 Å². The Morgan fingerprint density at radius 2 is 1.90 bits per heavy atom. The van der Waals surface area contributed by atoms with Gasteiger partial charge in [-0.1, -0.05) is 20.3 Å². The van der Waals surface area contributed by atoms with E-state index in [1.807, 2.05) is 4.90 Å². The zero-order chi connectivity index (χ0) is 21.9. The summed E-state index contributed by atoms with van der Waals surface area (Å²) in [7, 11) is -2.06. The molecular formula is C21H32FN3O4S. The van der Waals surface area contributed by atoms with E-state index >= 15 is 0 Å². The molecule has 1 N–H and O–H groups in total. The first-order chi connectivity index (χ1) is 14.2. The van der Waals surface area contributed by atoms with Crippen molar-refractivity contribution in [1.29, 1.82) is 0 Å². The Bertz CT molecular complexity index is 838. The van der Waals surface area contributed by atoms with Crippen molar-refractivity contribution in [1.82, 2.24) is 14.5 Å². The Kier molecular flexibility index (Phi) is 7.16. The van der Waals surface area contributed by atoms with Crippen LogP contribution in [0.4, 0.5) is 4.39 Å². The first kappa shape index (κ1) is 23.1. The molecule has 0 unspecified atom stereocenters. The minimum atomic E-state index is -3.70. The summed E-state index contributed by atoms with van der Waals surface area (Å²) in [5.41, 5.74) is -0.534. The number of benzene rings is 1. The van der Waals surface area contributed by atoms with E-state index in [1.165, 1.54) is 16.4 Å². The Hall–Kier alpha value is -1.55. The minimum absolute atomic E-state index is 0.0877. The third kappa shape index (κ3) is 4.39. The quantitative estimate of drug-likeness (QED) is 0.626. The fraction of sp³-hybridized carbons (Fsp3) is 0.667. The van der Waals surface area contributed by atoms with Gasteiger partial charge >= 0.3 is 0 Å². The monoisotopic (exact) mass is 441 g/mol. The number of methoxy groups -OCH3 is 1. The maximum Gasteiger partial charge on any atom is 0.243 e. The second-order valence-corrected chi connectivity index (χ2v) is 10.2. The normalized spacial score (nSPS) is 23.3. The van der Waals surface area contributed by atoms with E-state index in [4.69, 9.17) is 4.74 Å². The van der Waals surface area contributed by atoms with Crippen molar-refractivity contribution in [3.63, 3.8) is 0 Å². The lowest BCUT2D eigenvalue weighted by molar-refractivity contribution is -0.134. The van der Waals surface area contributed by atoms with Crippen molar-refractivity contribution < 1.29 is 22.3 Å². The minimum Gasteiger partial charge on any atom is -0.385 e. The van der Waals surface area contributed by atoms with Crippen LogP contribution in [0.15, 0.2) is 29.2 Å².